The van der Waals surface area contributed by atoms with E-state index in [-0.39, 0.29) is 18.2 Å². The number of rotatable bonds is 8. The SMILES string of the molecule is O=C(C[C@@H](NC(=O)c1ccccc1Cl)c1ccccc1)Nc1ccc(SC(F)F)cc1. The van der Waals surface area contributed by atoms with E-state index in [2.05, 4.69) is 10.6 Å². The summed E-state index contributed by atoms with van der Waals surface area (Å²) in [7, 11) is 0. The van der Waals surface area contributed by atoms with Crippen LogP contribution in [-0.4, -0.2) is 17.6 Å². The summed E-state index contributed by atoms with van der Waals surface area (Å²) in [5.74, 6) is -3.22. The molecule has 3 aromatic carbocycles. The monoisotopic (exact) mass is 460 g/mol. The second kappa shape index (κ2) is 10.9. The lowest BCUT2D eigenvalue weighted by molar-refractivity contribution is -0.116. The molecule has 0 bridgehead atoms. The lowest BCUT2D eigenvalue weighted by Gasteiger charge is -2.19. The van der Waals surface area contributed by atoms with Crippen LogP contribution < -0.4 is 10.6 Å². The van der Waals surface area contributed by atoms with Gasteiger partial charge in [-0.3, -0.25) is 9.59 Å². The van der Waals surface area contributed by atoms with Crippen LogP contribution in [0.1, 0.15) is 28.4 Å². The molecule has 0 spiro atoms. The van der Waals surface area contributed by atoms with Crippen molar-refractivity contribution in [2.24, 2.45) is 0 Å². The normalized spacial score (nSPS) is 11.7. The van der Waals surface area contributed by atoms with Crippen LogP contribution in [-0.2, 0) is 4.79 Å². The summed E-state index contributed by atoms with van der Waals surface area (Å²) >= 11 is 6.55. The van der Waals surface area contributed by atoms with Crippen molar-refractivity contribution in [1.29, 1.82) is 0 Å². The number of hydrogen-bond acceptors (Lipinski definition) is 3. The number of halogens is 3. The fourth-order valence-corrected chi connectivity index (χ4v) is 3.66. The maximum Gasteiger partial charge on any atom is 0.288 e. The quantitative estimate of drug-likeness (QED) is 0.396. The molecule has 0 fully saturated rings. The van der Waals surface area contributed by atoms with Gasteiger partial charge in [-0.05, 0) is 42.0 Å². The summed E-state index contributed by atoms with van der Waals surface area (Å²) in [6.07, 6.45) is -0.0201. The van der Waals surface area contributed by atoms with Gasteiger partial charge in [-0.15, -0.1) is 0 Å². The largest absolute Gasteiger partial charge is 0.345 e. The number of anilines is 1. The lowest BCUT2D eigenvalue weighted by atomic mass is 10.0. The van der Waals surface area contributed by atoms with Crippen LogP contribution in [0, 0.1) is 0 Å². The molecule has 0 heterocycles. The van der Waals surface area contributed by atoms with Gasteiger partial charge in [-0.1, -0.05) is 65.8 Å². The van der Waals surface area contributed by atoms with E-state index in [0.717, 1.165) is 5.56 Å². The van der Waals surface area contributed by atoms with E-state index in [1.807, 2.05) is 30.3 Å². The molecule has 3 aromatic rings. The van der Waals surface area contributed by atoms with Crippen LogP contribution >= 0.6 is 23.4 Å². The predicted molar refractivity (Wildman–Crippen MR) is 120 cm³/mol. The van der Waals surface area contributed by atoms with E-state index < -0.39 is 11.8 Å². The van der Waals surface area contributed by atoms with E-state index in [1.165, 1.54) is 12.1 Å². The van der Waals surface area contributed by atoms with Gasteiger partial charge in [0.15, 0.2) is 0 Å². The second-order valence-corrected chi connectivity index (χ2v) is 8.04. The molecule has 0 aliphatic carbocycles. The number of nitrogens with one attached hydrogen (secondary N) is 2. The Morgan fingerprint density at radius 1 is 0.903 bits per heavy atom. The van der Waals surface area contributed by atoms with Crippen molar-refractivity contribution >= 4 is 40.9 Å². The maximum absolute atomic E-state index is 12.7. The van der Waals surface area contributed by atoms with E-state index in [4.69, 9.17) is 11.6 Å². The molecular formula is C23H19ClF2N2O2S. The fraction of sp³-hybridized carbons (Fsp3) is 0.130. The van der Waals surface area contributed by atoms with Crippen LogP contribution in [0.25, 0.3) is 0 Å². The molecule has 31 heavy (non-hydrogen) atoms. The standard InChI is InChI=1S/C23H19ClF2N2O2S/c24-19-9-5-4-8-18(19)22(30)28-20(15-6-2-1-3-7-15)14-21(29)27-16-10-12-17(13-11-16)31-23(25)26/h1-13,20,23H,14H2,(H,27,29)(H,28,30)/t20-/m1/s1. The summed E-state index contributed by atoms with van der Waals surface area (Å²) in [5, 5.41) is 5.92. The topological polar surface area (TPSA) is 58.2 Å². The third-order valence-corrected chi connectivity index (χ3v) is 5.43. The molecule has 0 saturated heterocycles. The van der Waals surface area contributed by atoms with Crippen LogP contribution in [0.15, 0.2) is 83.8 Å². The molecule has 160 valence electrons. The summed E-state index contributed by atoms with van der Waals surface area (Å²) in [4.78, 5) is 25.8. The number of benzene rings is 3. The zero-order valence-corrected chi connectivity index (χ0v) is 17.8. The maximum atomic E-state index is 12.7. The van der Waals surface area contributed by atoms with Crippen molar-refractivity contribution in [3.05, 3.63) is 95.0 Å². The summed E-state index contributed by atoms with van der Waals surface area (Å²) < 4.78 is 24.9. The van der Waals surface area contributed by atoms with Gasteiger partial charge in [0, 0.05) is 10.6 Å². The van der Waals surface area contributed by atoms with Gasteiger partial charge in [0.1, 0.15) is 0 Å². The summed E-state index contributed by atoms with van der Waals surface area (Å²) in [6.45, 7) is 0. The minimum atomic E-state index is -2.51. The third-order valence-electron chi connectivity index (χ3n) is 4.38. The van der Waals surface area contributed by atoms with Crippen LogP contribution in [0.3, 0.4) is 0 Å². The van der Waals surface area contributed by atoms with Gasteiger partial charge in [0.25, 0.3) is 11.7 Å². The Bertz CT molecular complexity index is 1030. The van der Waals surface area contributed by atoms with E-state index >= 15 is 0 Å². The molecule has 0 unspecified atom stereocenters. The van der Waals surface area contributed by atoms with Crippen molar-refractivity contribution in [1.82, 2.24) is 5.32 Å². The first kappa shape index (κ1) is 22.8. The molecule has 4 nitrogen and oxygen atoms in total. The highest BCUT2D eigenvalue weighted by atomic mass is 35.5. The van der Waals surface area contributed by atoms with Gasteiger partial charge in [-0.25, -0.2) is 0 Å². The highest BCUT2D eigenvalue weighted by Crippen LogP contribution is 2.26. The van der Waals surface area contributed by atoms with Crippen LogP contribution in [0.4, 0.5) is 14.5 Å². The van der Waals surface area contributed by atoms with Crippen LogP contribution in [0.2, 0.25) is 5.02 Å². The van der Waals surface area contributed by atoms with Gasteiger partial charge >= 0.3 is 0 Å². The third kappa shape index (κ3) is 6.80. The molecule has 0 aliphatic heterocycles. The zero-order valence-electron chi connectivity index (χ0n) is 16.2. The average molecular weight is 461 g/mol. The van der Waals surface area contributed by atoms with Crippen molar-refractivity contribution in [3.63, 3.8) is 0 Å². The van der Waals surface area contributed by atoms with Crippen molar-refractivity contribution in [2.45, 2.75) is 23.1 Å². The van der Waals surface area contributed by atoms with Crippen molar-refractivity contribution in [3.8, 4) is 0 Å². The van der Waals surface area contributed by atoms with Gasteiger partial charge in [-0.2, -0.15) is 8.78 Å². The average Bonchev–Trinajstić information content (AvgIpc) is 2.75. The number of hydrogen-bond donors (Lipinski definition) is 2. The van der Waals surface area contributed by atoms with E-state index in [1.54, 1.807) is 36.4 Å². The van der Waals surface area contributed by atoms with Crippen molar-refractivity contribution < 1.29 is 18.4 Å². The Balaban J connectivity index is 1.70. The molecule has 8 heteroatoms. The Morgan fingerprint density at radius 3 is 2.19 bits per heavy atom. The summed E-state index contributed by atoms with van der Waals surface area (Å²) in [5.41, 5.74) is 1.56. The molecule has 0 saturated carbocycles. The molecule has 0 radical (unpaired) electrons. The minimum absolute atomic E-state index is 0.0201. The minimum Gasteiger partial charge on any atom is -0.345 e. The first-order chi connectivity index (χ1) is 14.9. The predicted octanol–water partition coefficient (Wildman–Crippen LogP) is 6.15. The number of thioether (sulfide) groups is 1. The van der Waals surface area contributed by atoms with Crippen LogP contribution in [0.5, 0.6) is 0 Å². The molecule has 0 aliphatic rings. The number of carbonyl (C=O) groups is 2. The molecule has 0 aromatic heterocycles. The Labute approximate surface area is 188 Å². The van der Waals surface area contributed by atoms with E-state index in [9.17, 15) is 18.4 Å². The Morgan fingerprint density at radius 2 is 1.55 bits per heavy atom. The Kier molecular flexibility index (Phi) is 8.03. The molecule has 3 rings (SSSR count). The Hall–Kier alpha value is -2.90. The zero-order chi connectivity index (χ0) is 22.2. The molecule has 1 atom stereocenters. The summed E-state index contributed by atoms with van der Waals surface area (Å²) in [6, 6.07) is 21.4. The van der Waals surface area contributed by atoms with Crippen molar-refractivity contribution in [2.75, 3.05) is 5.32 Å². The van der Waals surface area contributed by atoms with Gasteiger partial charge in [0.05, 0.1) is 23.0 Å². The smallest absolute Gasteiger partial charge is 0.288 e. The first-order valence-corrected chi connectivity index (χ1v) is 10.6. The lowest BCUT2D eigenvalue weighted by Crippen LogP contribution is -2.31. The molecule has 2 N–H and O–H groups in total. The fourth-order valence-electron chi connectivity index (χ4n) is 2.94. The van der Waals surface area contributed by atoms with Gasteiger partial charge in [0.2, 0.25) is 5.91 Å². The van der Waals surface area contributed by atoms with E-state index in [0.29, 0.717) is 32.9 Å². The number of amides is 2. The first-order valence-electron chi connectivity index (χ1n) is 9.37. The highest BCUT2D eigenvalue weighted by molar-refractivity contribution is 7.99. The number of alkyl halides is 2. The van der Waals surface area contributed by atoms with Gasteiger partial charge < -0.3 is 10.6 Å². The number of carbonyl (C=O) groups excluding carboxylic acids is 2. The molecule has 2 amide bonds. The highest BCUT2D eigenvalue weighted by Gasteiger charge is 2.20. The molecular weight excluding hydrogens is 442 g/mol. The second-order valence-electron chi connectivity index (χ2n) is 6.57.